The Morgan fingerprint density at radius 2 is 2.00 bits per heavy atom. The highest BCUT2D eigenvalue weighted by Crippen LogP contribution is 2.10. The molecule has 0 aromatic rings. The van der Waals surface area contributed by atoms with Crippen molar-refractivity contribution >= 4 is 17.3 Å². The topological polar surface area (TPSA) is 27.3 Å². The van der Waals surface area contributed by atoms with E-state index in [1.165, 1.54) is 25.9 Å². The van der Waals surface area contributed by atoms with Gasteiger partial charge in [-0.25, -0.2) is 0 Å². The highest BCUT2D eigenvalue weighted by molar-refractivity contribution is 7.80. The lowest BCUT2D eigenvalue weighted by molar-refractivity contribution is 0.259. The molecule has 15 heavy (non-hydrogen) atoms. The fourth-order valence-corrected chi connectivity index (χ4v) is 2.04. The number of rotatable bonds is 5. The molecule has 1 aliphatic rings. The number of thiocarbonyl (C=S) groups is 1. The smallest absolute Gasteiger partial charge is 0.166 e. The lowest BCUT2D eigenvalue weighted by Crippen LogP contribution is -2.44. The molecule has 1 fully saturated rings. The van der Waals surface area contributed by atoms with Crippen molar-refractivity contribution in [2.75, 3.05) is 26.2 Å². The molecule has 0 aliphatic carbocycles. The first-order chi connectivity index (χ1) is 7.24. The zero-order valence-corrected chi connectivity index (χ0v) is 10.7. The Morgan fingerprint density at radius 1 is 1.33 bits per heavy atom. The minimum atomic E-state index is 0.592. The molecule has 0 aromatic heterocycles. The number of hydrogen-bond acceptors (Lipinski definition) is 2. The van der Waals surface area contributed by atoms with Gasteiger partial charge >= 0.3 is 0 Å². The molecule has 88 valence electrons. The van der Waals surface area contributed by atoms with Crippen molar-refractivity contribution in [2.45, 2.75) is 39.2 Å². The molecule has 1 aliphatic heterocycles. The molecule has 2 N–H and O–H groups in total. The summed E-state index contributed by atoms with van der Waals surface area (Å²) in [6.45, 7) is 8.82. The van der Waals surface area contributed by atoms with Crippen LogP contribution in [0.1, 0.15) is 33.1 Å². The lowest BCUT2D eigenvalue weighted by atomic mass is 10.3. The van der Waals surface area contributed by atoms with Crippen LogP contribution in [0.4, 0.5) is 0 Å². The van der Waals surface area contributed by atoms with Crippen LogP contribution >= 0.6 is 12.2 Å². The maximum atomic E-state index is 5.17. The SMILES string of the molecule is CCCNC(=S)NCC(C)N1CCCC1. The lowest BCUT2D eigenvalue weighted by Gasteiger charge is -2.24. The van der Waals surface area contributed by atoms with E-state index in [9.17, 15) is 0 Å². The highest BCUT2D eigenvalue weighted by Gasteiger charge is 2.17. The van der Waals surface area contributed by atoms with E-state index in [2.05, 4.69) is 29.4 Å². The van der Waals surface area contributed by atoms with Crippen molar-refractivity contribution < 1.29 is 0 Å². The van der Waals surface area contributed by atoms with Crippen LogP contribution in [0.2, 0.25) is 0 Å². The van der Waals surface area contributed by atoms with E-state index in [4.69, 9.17) is 12.2 Å². The summed E-state index contributed by atoms with van der Waals surface area (Å²) in [5, 5.41) is 7.25. The molecule has 1 unspecified atom stereocenters. The van der Waals surface area contributed by atoms with E-state index in [1.54, 1.807) is 0 Å². The van der Waals surface area contributed by atoms with Crippen molar-refractivity contribution in [3.8, 4) is 0 Å². The fourth-order valence-electron chi connectivity index (χ4n) is 1.85. The van der Waals surface area contributed by atoms with Crippen LogP contribution in [0.25, 0.3) is 0 Å². The van der Waals surface area contributed by atoms with Gasteiger partial charge in [0.15, 0.2) is 5.11 Å². The van der Waals surface area contributed by atoms with Gasteiger partial charge in [0, 0.05) is 19.1 Å². The van der Waals surface area contributed by atoms with Crippen LogP contribution in [0.5, 0.6) is 0 Å². The predicted molar refractivity (Wildman–Crippen MR) is 69.2 cm³/mol. The molecular formula is C11H23N3S. The fraction of sp³-hybridized carbons (Fsp3) is 0.909. The van der Waals surface area contributed by atoms with Crippen LogP contribution in [-0.4, -0.2) is 42.2 Å². The summed E-state index contributed by atoms with van der Waals surface area (Å²) in [7, 11) is 0. The van der Waals surface area contributed by atoms with Crippen molar-refractivity contribution in [2.24, 2.45) is 0 Å². The first-order valence-electron chi connectivity index (χ1n) is 5.99. The quantitative estimate of drug-likeness (QED) is 0.696. The average Bonchev–Trinajstić information content (AvgIpc) is 2.76. The van der Waals surface area contributed by atoms with E-state index < -0.39 is 0 Å². The molecule has 0 amide bonds. The van der Waals surface area contributed by atoms with E-state index in [1.807, 2.05) is 0 Å². The minimum Gasteiger partial charge on any atom is -0.363 e. The van der Waals surface area contributed by atoms with Gasteiger partial charge in [0.05, 0.1) is 0 Å². The molecule has 0 saturated carbocycles. The first kappa shape index (κ1) is 12.7. The zero-order valence-electron chi connectivity index (χ0n) is 9.88. The van der Waals surface area contributed by atoms with Gasteiger partial charge in [0.25, 0.3) is 0 Å². The zero-order chi connectivity index (χ0) is 11.1. The van der Waals surface area contributed by atoms with Crippen molar-refractivity contribution in [1.82, 2.24) is 15.5 Å². The van der Waals surface area contributed by atoms with Crippen LogP contribution in [0.3, 0.4) is 0 Å². The average molecular weight is 229 g/mol. The Hall–Kier alpha value is -0.350. The minimum absolute atomic E-state index is 0.592. The van der Waals surface area contributed by atoms with E-state index in [0.29, 0.717) is 6.04 Å². The van der Waals surface area contributed by atoms with Gasteiger partial charge in [-0.1, -0.05) is 6.92 Å². The Labute approximate surface area is 98.6 Å². The third-order valence-corrected chi connectivity index (χ3v) is 3.15. The summed E-state index contributed by atoms with van der Waals surface area (Å²) < 4.78 is 0. The first-order valence-corrected chi connectivity index (χ1v) is 6.40. The maximum Gasteiger partial charge on any atom is 0.166 e. The predicted octanol–water partition coefficient (Wildman–Crippen LogP) is 1.34. The molecule has 1 atom stereocenters. The van der Waals surface area contributed by atoms with Gasteiger partial charge in [-0.2, -0.15) is 0 Å². The van der Waals surface area contributed by atoms with Crippen LogP contribution in [0.15, 0.2) is 0 Å². The Morgan fingerprint density at radius 3 is 2.60 bits per heavy atom. The molecule has 3 nitrogen and oxygen atoms in total. The summed E-state index contributed by atoms with van der Waals surface area (Å²) >= 11 is 5.17. The molecule has 4 heteroatoms. The molecular weight excluding hydrogens is 206 g/mol. The summed E-state index contributed by atoms with van der Waals surface area (Å²) in [6, 6.07) is 0.592. The van der Waals surface area contributed by atoms with Gasteiger partial charge < -0.3 is 10.6 Å². The Bertz CT molecular complexity index is 190. The molecule has 0 aromatic carbocycles. The Kier molecular flexibility index (Phi) is 5.95. The summed E-state index contributed by atoms with van der Waals surface area (Å²) in [5.74, 6) is 0. The monoisotopic (exact) mass is 229 g/mol. The van der Waals surface area contributed by atoms with E-state index in [0.717, 1.165) is 24.6 Å². The van der Waals surface area contributed by atoms with E-state index >= 15 is 0 Å². The highest BCUT2D eigenvalue weighted by atomic mass is 32.1. The third-order valence-electron chi connectivity index (χ3n) is 2.86. The van der Waals surface area contributed by atoms with E-state index in [-0.39, 0.29) is 0 Å². The summed E-state index contributed by atoms with van der Waals surface area (Å²) in [6.07, 6.45) is 3.81. The van der Waals surface area contributed by atoms with Crippen molar-refractivity contribution in [3.63, 3.8) is 0 Å². The van der Waals surface area contributed by atoms with Gasteiger partial charge in [0.2, 0.25) is 0 Å². The second kappa shape index (κ2) is 7.01. The third kappa shape index (κ3) is 4.80. The second-order valence-electron chi connectivity index (χ2n) is 4.23. The van der Waals surface area contributed by atoms with Gasteiger partial charge in [-0.3, -0.25) is 4.90 Å². The second-order valence-corrected chi connectivity index (χ2v) is 4.64. The molecule has 0 radical (unpaired) electrons. The number of likely N-dealkylation sites (tertiary alicyclic amines) is 1. The summed E-state index contributed by atoms with van der Waals surface area (Å²) in [4.78, 5) is 2.52. The van der Waals surface area contributed by atoms with Gasteiger partial charge in [-0.15, -0.1) is 0 Å². The van der Waals surface area contributed by atoms with Crippen LogP contribution in [0, 0.1) is 0 Å². The van der Waals surface area contributed by atoms with Crippen LogP contribution < -0.4 is 10.6 Å². The standard InChI is InChI=1S/C11H23N3S/c1-3-6-12-11(15)13-9-10(2)14-7-4-5-8-14/h10H,3-9H2,1-2H3,(H2,12,13,15). The summed E-state index contributed by atoms with van der Waals surface area (Å²) in [5.41, 5.74) is 0. The molecule has 1 saturated heterocycles. The van der Waals surface area contributed by atoms with Crippen molar-refractivity contribution in [3.05, 3.63) is 0 Å². The van der Waals surface area contributed by atoms with Gasteiger partial charge in [-0.05, 0) is 51.5 Å². The van der Waals surface area contributed by atoms with Crippen LogP contribution in [-0.2, 0) is 0 Å². The Balaban J connectivity index is 2.09. The van der Waals surface area contributed by atoms with Crippen molar-refractivity contribution in [1.29, 1.82) is 0 Å². The molecule has 1 rings (SSSR count). The normalized spacial score (nSPS) is 18.8. The largest absolute Gasteiger partial charge is 0.363 e. The molecule has 1 heterocycles. The number of nitrogens with zero attached hydrogens (tertiary/aromatic N) is 1. The molecule has 0 bridgehead atoms. The number of nitrogens with one attached hydrogen (secondary N) is 2. The molecule has 0 spiro atoms. The van der Waals surface area contributed by atoms with Gasteiger partial charge in [0.1, 0.15) is 0 Å². The number of hydrogen-bond donors (Lipinski definition) is 2. The maximum absolute atomic E-state index is 5.17.